The molecule has 35 heavy (non-hydrogen) atoms. The molecule has 1 aromatic heterocycles. The lowest BCUT2D eigenvalue weighted by Gasteiger charge is -2.16. The van der Waals surface area contributed by atoms with E-state index in [9.17, 15) is 27.9 Å². The number of alkyl halides is 3. The summed E-state index contributed by atoms with van der Waals surface area (Å²) in [4.78, 5) is 23.8. The number of esters is 1. The number of halogens is 5. The van der Waals surface area contributed by atoms with Crippen molar-refractivity contribution in [3.8, 4) is 0 Å². The first kappa shape index (κ1) is 26.6. The van der Waals surface area contributed by atoms with Crippen LogP contribution < -0.4 is 0 Å². The molecule has 0 amide bonds. The largest absolute Gasteiger partial charge is 0.478 e. The van der Waals surface area contributed by atoms with Crippen LogP contribution in [0.15, 0.2) is 42.0 Å². The third-order valence-electron chi connectivity index (χ3n) is 5.00. The van der Waals surface area contributed by atoms with Crippen molar-refractivity contribution in [3.63, 3.8) is 0 Å². The molecule has 2 aromatic carbocycles. The highest BCUT2D eigenvalue weighted by Crippen LogP contribution is 2.33. The van der Waals surface area contributed by atoms with Crippen molar-refractivity contribution < 1.29 is 32.6 Å². The van der Waals surface area contributed by atoms with Crippen molar-refractivity contribution in [1.82, 2.24) is 9.78 Å². The molecule has 0 atom stereocenters. The summed E-state index contributed by atoms with van der Waals surface area (Å²) < 4.78 is 46.5. The molecule has 0 saturated heterocycles. The molecule has 0 unspecified atom stereocenters. The van der Waals surface area contributed by atoms with Crippen LogP contribution in [0, 0.1) is 5.41 Å². The third-order valence-corrected chi connectivity index (χ3v) is 5.59. The quantitative estimate of drug-likeness (QED) is 0.293. The number of hydrogen-bond donors (Lipinski definition) is 1. The molecule has 0 aliphatic carbocycles. The molecule has 0 saturated carbocycles. The van der Waals surface area contributed by atoms with Crippen molar-refractivity contribution in [2.75, 3.05) is 6.61 Å². The maximum Gasteiger partial charge on any atom is 0.416 e. The smallest absolute Gasteiger partial charge is 0.416 e. The Morgan fingerprint density at radius 1 is 1.11 bits per heavy atom. The molecular weight excluding hydrogens is 508 g/mol. The molecule has 0 radical (unpaired) electrons. The van der Waals surface area contributed by atoms with E-state index >= 15 is 0 Å². The van der Waals surface area contributed by atoms with Gasteiger partial charge in [-0.25, -0.2) is 4.79 Å². The molecule has 0 bridgehead atoms. The number of benzene rings is 2. The first-order chi connectivity index (χ1) is 16.2. The molecule has 0 fully saturated rings. The predicted octanol–water partition coefficient (Wildman–Crippen LogP) is 6.47. The number of hydrogen-bond acceptors (Lipinski definition) is 4. The minimum absolute atomic E-state index is 0.00304. The predicted molar refractivity (Wildman–Crippen MR) is 126 cm³/mol. The van der Waals surface area contributed by atoms with Crippen LogP contribution >= 0.6 is 23.2 Å². The second-order valence-electron chi connectivity index (χ2n) is 8.81. The number of aliphatic carboxylic acids is 1. The highest BCUT2D eigenvalue weighted by atomic mass is 35.5. The van der Waals surface area contributed by atoms with Gasteiger partial charge in [0.15, 0.2) is 0 Å². The van der Waals surface area contributed by atoms with Gasteiger partial charge in [-0.15, -0.1) is 0 Å². The molecule has 3 rings (SSSR count). The van der Waals surface area contributed by atoms with Crippen LogP contribution in [0.2, 0.25) is 10.0 Å². The van der Waals surface area contributed by atoms with Crippen molar-refractivity contribution in [3.05, 3.63) is 68.8 Å². The van der Waals surface area contributed by atoms with E-state index in [-0.39, 0.29) is 28.7 Å². The van der Waals surface area contributed by atoms with Gasteiger partial charge in [0, 0.05) is 15.4 Å². The van der Waals surface area contributed by atoms with Gasteiger partial charge in [-0.1, -0.05) is 29.3 Å². The van der Waals surface area contributed by atoms with E-state index in [0.717, 1.165) is 12.1 Å². The summed E-state index contributed by atoms with van der Waals surface area (Å²) in [7, 11) is 0. The van der Waals surface area contributed by atoms with Crippen LogP contribution in [0.25, 0.3) is 17.0 Å². The van der Waals surface area contributed by atoms with Gasteiger partial charge in [-0.05, 0) is 62.7 Å². The van der Waals surface area contributed by atoms with E-state index in [1.165, 1.54) is 22.9 Å². The van der Waals surface area contributed by atoms with Gasteiger partial charge in [-0.2, -0.15) is 18.3 Å². The summed E-state index contributed by atoms with van der Waals surface area (Å²) in [5.74, 6) is -1.96. The second kappa shape index (κ2) is 9.91. The Labute approximate surface area is 208 Å². The van der Waals surface area contributed by atoms with Crippen molar-refractivity contribution in [2.24, 2.45) is 5.41 Å². The third kappa shape index (κ3) is 6.35. The summed E-state index contributed by atoms with van der Waals surface area (Å²) in [6, 6.07) is 7.75. The van der Waals surface area contributed by atoms with E-state index in [4.69, 9.17) is 27.9 Å². The number of carboxylic acids is 1. The lowest BCUT2D eigenvalue weighted by molar-refractivity contribution is -0.152. The Balaban J connectivity index is 2.10. The van der Waals surface area contributed by atoms with E-state index in [1.54, 1.807) is 32.9 Å². The summed E-state index contributed by atoms with van der Waals surface area (Å²) in [5, 5.41) is 14.9. The van der Waals surface area contributed by atoms with Gasteiger partial charge in [0.1, 0.15) is 6.61 Å². The lowest BCUT2D eigenvalue weighted by Crippen LogP contribution is -2.24. The van der Waals surface area contributed by atoms with Crippen LogP contribution in [0.4, 0.5) is 13.2 Å². The number of ether oxygens (including phenoxy) is 1. The fourth-order valence-corrected chi connectivity index (χ4v) is 3.57. The van der Waals surface area contributed by atoms with Gasteiger partial charge in [0.05, 0.1) is 34.3 Å². The zero-order chi connectivity index (χ0) is 26.1. The van der Waals surface area contributed by atoms with E-state index in [2.05, 4.69) is 5.10 Å². The highest BCUT2D eigenvalue weighted by Gasteiger charge is 2.31. The Morgan fingerprint density at radius 3 is 2.37 bits per heavy atom. The Bertz CT molecular complexity index is 1320. The first-order valence-corrected chi connectivity index (χ1v) is 11.0. The molecule has 186 valence electrons. The monoisotopic (exact) mass is 528 g/mol. The minimum atomic E-state index is -4.59. The van der Waals surface area contributed by atoms with Gasteiger partial charge in [-0.3, -0.25) is 9.48 Å². The number of carbonyl (C=O) groups excluding carboxylic acids is 1. The van der Waals surface area contributed by atoms with E-state index < -0.39 is 35.7 Å². The Kier molecular flexibility index (Phi) is 7.52. The molecular formula is C24H21Cl2F3N2O4. The van der Waals surface area contributed by atoms with Gasteiger partial charge in [0.25, 0.3) is 0 Å². The van der Waals surface area contributed by atoms with Crippen LogP contribution in [-0.4, -0.2) is 33.4 Å². The maximum atomic E-state index is 13.4. The van der Waals surface area contributed by atoms with Crippen LogP contribution in [0.1, 0.15) is 37.6 Å². The first-order valence-electron chi connectivity index (χ1n) is 10.3. The number of carboxylic acid groups (broad SMARTS) is 1. The molecule has 6 nitrogen and oxygen atoms in total. The molecule has 1 heterocycles. The lowest BCUT2D eigenvalue weighted by atomic mass is 9.97. The number of rotatable bonds is 6. The molecule has 3 aromatic rings. The summed E-state index contributed by atoms with van der Waals surface area (Å²) in [6.07, 6.45) is -3.42. The fraction of sp³-hybridized carbons (Fsp3) is 0.292. The van der Waals surface area contributed by atoms with E-state index in [1.807, 2.05) is 0 Å². The topological polar surface area (TPSA) is 81.4 Å². The van der Waals surface area contributed by atoms with Crippen LogP contribution in [0.5, 0.6) is 0 Å². The molecule has 0 spiro atoms. The van der Waals surface area contributed by atoms with Crippen LogP contribution in [0.3, 0.4) is 0 Å². The van der Waals surface area contributed by atoms with Crippen molar-refractivity contribution in [2.45, 2.75) is 33.5 Å². The van der Waals surface area contributed by atoms with Gasteiger partial charge >= 0.3 is 18.1 Å². The molecule has 1 N–H and O–H groups in total. The number of carbonyl (C=O) groups is 2. The maximum absolute atomic E-state index is 13.4. The Hall–Kier alpha value is -3.04. The SMILES string of the molecule is CC(C)(C)C(=O)OC/C(=C/c1nn(Cc2ccc(Cl)cc2Cl)c2cc(C(F)(F)F)ccc12)C(=O)O. The average molecular weight is 529 g/mol. The molecule has 0 aliphatic heterocycles. The standard InChI is InChI=1S/C24H21Cl2F3N2O4/c1-23(2,3)22(34)35-12-14(21(32)33)8-19-17-7-5-15(24(27,28)29)9-20(17)31(30-19)11-13-4-6-16(25)10-18(13)26/h4-10H,11-12H2,1-3H3,(H,32,33)/b14-8-. The zero-order valence-corrected chi connectivity index (χ0v) is 20.4. The number of fused-ring (bicyclic) bond motifs is 1. The van der Waals surface area contributed by atoms with Crippen LogP contribution in [-0.2, 0) is 27.0 Å². The van der Waals surface area contributed by atoms with Gasteiger partial charge in [0.2, 0.25) is 0 Å². The summed E-state index contributed by atoms with van der Waals surface area (Å²) >= 11 is 12.2. The normalized spacial score (nSPS) is 12.7. The van der Waals surface area contributed by atoms with Gasteiger partial charge < -0.3 is 9.84 Å². The Morgan fingerprint density at radius 2 is 1.80 bits per heavy atom. The molecule has 11 heteroatoms. The second-order valence-corrected chi connectivity index (χ2v) is 9.65. The zero-order valence-electron chi connectivity index (χ0n) is 18.9. The number of aromatic nitrogens is 2. The summed E-state index contributed by atoms with van der Waals surface area (Å²) in [6.45, 7) is 4.32. The van der Waals surface area contributed by atoms with E-state index in [0.29, 0.717) is 15.6 Å². The number of nitrogens with zero attached hydrogens (tertiary/aromatic N) is 2. The molecule has 0 aliphatic rings. The van der Waals surface area contributed by atoms with Crippen molar-refractivity contribution in [1.29, 1.82) is 0 Å². The average Bonchev–Trinajstić information content (AvgIpc) is 3.08. The van der Waals surface area contributed by atoms with Crippen molar-refractivity contribution >= 4 is 52.1 Å². The highest BCUT2D eigenvalue weighted by molar-refractivity contribution is 6.35. The minimum Gasteiger partial charge on any atom is -0.478 e. The fourth-order valence-electron chi connectivity index (χ4n) is 3.10. The summed E-state index contributed by atoms with van der Waals surface area (Å²) in [5.41, 5.74) is -1.26.